The van der Waals surface area contributed by atoms with Crippen molar-refractivity contribution in [3.8, 4) is 11.1 Å². The van der Waals surface area contributed by atoms with Crippen molar-refractivity contribution in [1.82, 2.24) is 15.5 Å². The Balaban J connectivity index is 1.16. The number of fused-ring (bicyclic) bond motifs is 1. The first-order chi connectivity index (χ1) is 26.6. The molecule has 7 atom stereocenters. The summed E-state index contributed by atoms with van der Waals surface area (Å²) < 4.78 is 13.9. The Hall–Kier alpha value is -4.34. The number of ether oxygens (including phenoxy) is 2. The molecule has 3 N–H and O–H groups in total. The Bertz CT molecular complexity index is 1910. The number of nitrogens with one attached hydrogen (secondary N) is 2. The Morgan fingerprint density at radius 3 is 2.25 bits per heavy atom. The number of nitrogens with zero attached hydrogens (tertiary/aromatic N) is 1. The van der Waals surface area contributed by atoms with Crippen molar-refractivity contribution in [2.45, 2.75) is 115 Å². The maximum atomic E-state index is 13.9. The fourth-order valence-electron chi connectivity index (χ4n) is 8.86. The quantitative estimate of drug-likeness (QED) is 0.151. The van der Waals surface area contributed by atoms with Crippen LogP contribution in [0.2, 0.25) is 0 Å². The highest BCUT2D eigenvalue weighted by Crippen LogP contribution is 2.45. The second-order valence-corrected chi connectivity index (χ2v) is 16.8. The van der Waals surface area contributed by atoms with Gasteiger partial charge in [0.25, 0.3) is 5.91 Å². The lowest BCUT2D eigenvalue weighted by Gasteiger charge is -2.51. The number of aliphatic hydroxyl groups excluding tert-OH is 1. The van der Waals surface area contributed by atoms with Crippen molar-refractivity contribution in [2.24, 2.45) is 11.8 Å². The van der Waals surface area contributed by atoms with E-state index in [1.54, 1.807) is 0 Å². The summed E-state index contributed by atoms with van der Waals surface area (Å²) in [5.41, 5.74) is 6.21. The summed E-state index contributed by atoms with van der Waals surface area (Å²) in [5, 5.41) is 16.1. The molecule has 2 saturated heterocycles. The van der Waals surface area contributed by atoms with Crippen molar-refractivity contribution < 1.29 is 24.2 Å². The van der Waals surface area contributed by atoms with Gasteiger partial charge in [0.2, 0.25) is 5.91 Å². The lowest BCUT2D eigenvalue weighted by Crippen LogP contribution is -2.61. The minimum absolute atomic E-state index is 0.00233. The predicted octanol–water partition coefficient (Wildman–Crippen LogP) is 8.51. The minimum atomic E-state index is -0.634. The molecule has 3 aliphatic rings. The minimum Gasteiger partial charge on any atom is -0.392 e. The van der Waals surface area contributed by atoms with Crippen molar-refractivity contribution in [3.05, 3.63) is 131 Å². The fourth-order valence-corrected chi connectivity index (χ4v) is 8.86. The van der Waals surface area contributed by atoms with Gasteiger partial charge in [-0.2, -0.15) is 0 Å². The molecule has 0 radical (unpaired) electrons. The standard InChI is InChI=1S/C47H57N3O5/c1-31-42(29-50-40-19-9-8-13-34(40)24-25-41(50)45(53)49-47(2,3)4)54-46(55-43(31)35-22-20-32(30-51)21-23-35)39-18-11-17-38(27-39)37-16-10-12-33(26-37)28-48-44(52)36-14-6-5-7-15-36/h5-7,10-12,14-18,20-23,26-27,31,34,40-43,46,51H,8-9,13,19,24-25,28-30H2,1-4H3,(H,48,52)(H,49,53). The number of amides is 2. The summed E-state index contributed by atoms with van der Waals surface area (Å²) in [6.07, 6.45) is 5.61. The summed E-state index contributed by atoms with van der Waals surface area (Å²) in [7, 11) is 0. The van der Waals surface area contributed by atoms with Crippen molar-refractivity contribution in [2.75, 3.05) is 6.54 Å². The molecule has 7 unspecified atom stereocenters. The number of hydrogen-bond donors (Lipinski definition) is 3. The van der Waals surface area contributed by atoms with Crippen LogP contribution in [0.15, 0.2) is 103 Å². The molecule has 0 aromatic heterocycles. The first kappa shape index (κ1) is 38.9. The maximum absolute atomic E-state index is 13.9. The van der Waals surface area contributed by atoms with Gasteiger partial charge in [-0.1, -0.05) is 98.6 Å². The number of carbonyl (C=O) groups is 2. The van der Waals surface area contributed by atoms with Crippen LogP contribution >= 0.6 is 0 Å². The number of aliphatic hydroxyl groups is 1. The van der Waals surface area contributed by atoms with Gasteiger partial charge in [0.15, 0.2) is 6.29 Å². The van der Waals surface area contributed by atoms with Gasteiger partial charge >= 0.3 is 0 Å². The Labute approximate surface area is 326 Å². The lowest BCUT2D eigenvalue weighted by atomic mass is 9.75. The van der Waals surface area contributed by atoms with E-state index < -0.39 is 6.29 Å². The van der Waals surface area contributed by atoms with E-state index in [1.165, 1.54) is 19.3 Å². The molecule has 290 valence electrons. The van der Waals surface area contributed by atoms with Gasteiger partial charge < -0.3 is 25.2 Å². The molecule has 8 heteroatoms. The normalized spacial score (nSPS) is 25.8. The van der Waals surface area contributed by atoms with Gasteiger partial charge in [0.05, 0.1) is 24.9 Å². The van der Waals surface area contributed by atoms with Crippen LogP contribution in [0.25, 0.3) is 11.1 Å². The summed E-state index contributed by atoms with van der Waals surface area (Å²) in [4.78, 5) is 29.2. The molecule has 55 heavy (non-hydrogen) atoms. The maximum Gasteiger partial charge on any atom is 0.251 e. The van der Waals surface area contributed by atoms with Gasteiger partial charge in [-0.05, 0) is 104 Å². The van der Waals surface area contributed by atoms with Gasteiger partial charge in [0, 0.05) is 41.7 Å². The summed E-state index contributed by atoms with van der Waals surface area (Å²) in [6.45, 7) is 9.41. The smallest absolute Gasteiger partial charge is 0.251 e. The highest BCUT2D eigenvalue weighted by molar-refractivity contribution is 5.94. The average Bonchev–Trinajstić information content (AvgIpc) is 3.20. The Morgan fingerprint density at radius 2 is 1.51 bits per heavy atom. The van der Waals surface area contributed by atoms with Crippen LogP contribution in [0, 0.1) is 11.8 Å². The monoisotopic (exact) mass is 743 g/mol. The van der Waals surface area contributed by atoms with Crippen molar-refractivity contribution >= 4 is 11.8 Å². The average molecular weight is 744 g/mol. The highest BCUT2D eigenvalue weighted by atomic mass is 16.7. The number of piperidine rings is 1. The predicted molar refractivity (Wildman–Crippen MR) is 216 cm³/mol. The van der Waals surface area contributed by atoms with E-state index in [2.05, 4.69) is 85.7 Å². The van der Waals surface area contributed by atoms with Gasteiger partial charge in [-0.25, -0.2) is 0 Å². The van der Waals surface area contributed by atoms with E-state index in [1.807, 2.05) is 60.7 Å². The zero-order valence-electron chi connectivity index (χ0n) is 32.7. The molecular formula is C47H57N3O5. The number of hydrogen-bond acceptors (Lipinski definition) is 6. The van der Waals surface area contributed by atoms with Gasteiger partial charge in [0.1, 0.15) is 0 Å². The third kappa shape index (κ3) is 9.38. The van der Waals surface area contributed by atoms with Crippen LogP contribution < -0.4 is 10.6 Å². The zero-order valence-corrected chi connectivity index (χ0v) is 32.7. The summed E-state index contributed by atoms with van der Waals surface area (Å²) in [6, 6.07) is 34.0. The molecule has 2 aliphatic heterocycles. The van der Waals surface area contributed by atoms with E-state index in [0.29, 0.717) is 30.6 Å². The zero-order chi connectivity index (χ0) is 38.5. The molecule has 0 spiro atoms. The van der Waals surface area contributed by atoms with Gasteiger partial charge in [-0.3, -0.25) is 14.5 Å². The summed E-state index contributed by atoms with van der Waals surface area (Å²) in [5.74, 6) is 0.601. The molecule has 2 amide bonds. The topological polar surface area (TPSA) is 100 Å². The second kappa shape index (κ2) is 17.2. The van der Waals surface area contributed by atoms with Crippen LogP contribution in [0.4, 0.5) is 0 Å². The van der Waals surface area contributed by atoms with Crippen molar-refractivity contribution in [3.63, 3.8) is 0 Å². The highest BCUT2D eigenvalue weighted by Gasteiger charge is 2.46. The summed E-state index contributed by atoms with van der Waals surface area (Å²) >= 11 is 0. The van der Waals surface area contributed by atoms with Crippen LogP contribution in [-0.2, 0) is 27.4 Å². The van der Waals surface area contributed by atoms with Crippen molar-refractivity contribution in [1.29, 1.82) is 0 Å². The third-order valence-electron chi connectivity index (χ3n) is 11.7. The molecule has 7 rings (SSSR count). The molecule has 1 aliphatic carbocycles. The molecule has 1 saturated carbocycles. The van der Waals surface area contributed by atoms with E-state index in [9.17, 15) is 14.7 Å². The van der Waals surface area contributed by atoms with Crippen LogP contribution in [0.3, 0.4) is 0 Å². The SMILES string of the molecule is CC1C(CN2C(C(=O)NC(C)(C)C)CCC3CCCCC32)OC(c2cccc(-c3cccc(CNC(=O)c4ccccc4)c3)c2)OC1c1ccc(CO)cc1. The van der Waals surface area contributed by atoms with Gasteiger partial charge in [-0.15, -0.1) is 0 Å². The second-order valence-electron chi connectivity index (χ2n) is 16.8. The van der Waals surface area contributed by atoms with Crippen LogP contribution in [0.5, 0.6) is 0 Å². The Kier molecular flexibility index (Phi) is 12.2. The first-order valence-corrected chi connectivity index (χ1v) is 20.2. The Morgan fingerprint density at radius 1 is 0.782 bits per heavy atom. The van der Waals surface area contributed by atoms with E-state index >= 15 is 0 Å². The molecule has 4 aromatic rings. The largest absolute Gasteiger partial charge is 0.392 e. The van der Waals surface area contributed by atoms with Crippen LogP contribution in [0.1, 0.15) is 111 Å². The number of likely N-dealkylation sites (tertiary alicyclic amines) is 1. The fraction of sp³-hybridized carbons (Fsp3) is 0.447. The number of benzene rings is 4. The van der Waals surface area contributed by atoms with E-state index in [-0.39, 0.29) is 48.1 Å². The number of rotatable bonds is 10. The van der Waals surface area contributed by atoms with E-state index in [4.69, 9.17) is 9.47 Å². The van der Waals surface area contributed by atoms with E-state index in [0.717, 1.165) is 52.6 Å². The molecular weight excluding hydrogens is 687 g/mol. The number of carbonyl (C=O) groups excluding carboxylic acids is 2. The lowest BCUT2D eigenvalue weighted by molar-refractivity contribution is -0.278. The molecule has 3 fully saturated rings. The van der Waals surface area contributed by atoms with Crippen LogP contribution in [-0.4, -0.2) is 52.1 Å². The molecule has 4 aromatic carbocycles. The molecule has 0 bridgehead atoms. The molecule has 2 heterocycles. The first-order valence-electron chi connectivity index (χ1n) is 20.2. The third-order valence-corrected chi connectivity index (χ3v) is 11.7. The molecule has 8 nitrogen and oxygen atoms in total.